The van der Waals surface area contributed by atoms with Crippen LogP contribution in [0.3, 0.4) is 0 Å². The SMILES string of the molecule is C1CCC(NCC2C3COCC23)C1. The van der Waals surface area contributed by atoms with Crippen molar-refractivity contribution in [2.45, 2.75) is 31.7 Å². The quantitative estimate of drug-likeness (QED) is 0.711. The fourth-order valence-electron chi connectivity index (χ4n) is 3.09. The molecule has 0 aromatic rings. The monoisotopic (exact) mass is 181 g/mol. The van der Waals surface area contributed by atoms with Crippen molar-refractivity contribution in [1.82, 2.24) is 5.32 Å². The van der Waals surface area contributed by atoms with Gasteiger partial charge in [0.25, 0.3) is 0 Å². The molecular weight excluding hydrogens is 162 g/mol. The van der Waals surface area contributed by atoms with E-state index < -0.39 is 0 Å². The van der Waals surface area contributed by atoms with E-state index in [1.807, 2.05) is 0 Å². The standard InChI is InChI=1S/C11H19NO/c1-2-4-8(3-1)12-5-9-10-6-13-7-11(9)10/h8-12H,1-7H2. The van der Waals surface area contributed by atoms with Crippen molar-refractivity contribution in [2.24, 2.45) is 17.8 Å². The van der Waals surface area contributed by atoms with Gasteiger partial charge in [0.15, 0.2) is 0 Å². The Bertz CT molecular complexity index is 179. The zero-order valence-corrected chi connectivity index (χ0v) is 8.17. The average molecular weight is 181 g/mol. The number of nitrogens with one attached hydrogen (secondary N) is 1. The maximum absolute atomic E-state index is 5.38. The van der Waals surface area contributed by atoms with Crippen molar-refractivity contribution >= 4 is 0 Å². The second kappa shape index (κ2) is 3.25. The third kappa shape index (κ3) is 1.50. The minimum absolute atomic E-state index is 0.849. The van der Waals surface area contributed by atoms with E-state index in [9.17, 15) is 0 Å². The van der Waals surface area contributed by atoms with Crippen LogP contribution in [-0.4, -0.2) is 25.8 Å². The molecule has 1 heterocycles. The number of fused-ring (bicyclic) bond motifs is 1. The van der Waals surface area contributed by atoms with Gasteiger partial charge in [-0.2, -0.15) is 0 Å². The lowest BCUT2D eigenvalue weighted by atomic mass is 10.2. The van der Waals surface area contributed by atoms with Crippen LogP contribution in [0, 0.1) is 17.8 Å². The van der Waals surface area contributed by atoms with Crippen LogP contribution in [-0.2, 0) is 4.74 Å². The molecule has 2 nitrogen and oxygen atoms in total. The first-order valence-corrected chi connectivity index (χ1v) is 5.76. The van der Waals surface area contributed by atoms with Crippen molar-refractivity contribution in [3.05, 3.63) is 0 Å². The smallest absolute Gasteiger partial charge is 0.0501 e. The first-order valence-electron chi connectivity index (χ1n) is 5.76. The van der Waals surface area contributed by atoms with Crippen LogP contribution in [0.4, 0.5) is 0 Å². The van der Waals surface area contributed by atoms with Gasteiger partial charge in [-0.3, -0.25) is 0 Å². The molecule has 0 amide bonds. The molecule has 2 unspecified atom stereocenters. The van der Waals surface area contributed by atoms with Crippen LogP contribution in [0.5, 0.6) is 0 Å². The highest BCUT2D eigenvalue weighted by Crippen LogP contribution is 2.50. The molecule has 0 aromatic carbocycles. The number of ether oxygens (including phenoxy) is 1. The largest absolute Gasteiger partial charge is 0.381 e. The molecule has 3 aliphatic rings. The lowest BCUT2D eigenvalue weighted by Crippen LogP contribution is -2.29. The molecule has 0 spiro atoms. The molecule has 0 aromatic heterocycles. The summed E-state index contributed by atoms with van der Waals surface area (Å²) in [6.07, 6.45) is 5.72. The van der Waals surface area contributed by atoms with Gasteiger partial charge in [0.1, 0.15) is 0 Å². The molecule has 1 N–H and O–H groups in total. The first-order chi connectivity index (χ1) is 6.45. The van der Waals surface area contributed by atoms with Crippen LogP contribution < -0.4 is 5.32 Å². The molecular formula is C11H19NO. The van der Waals surface area contributed by atoms with Crippen LogP contribution >= 0.6 is 0 Å². The summed E-state index contributed by atoms with van der Waals surface area (Å²) in [4.78, 5) is 0. The van der Waals surface area contributed by atoms with Crippen molar-refractivity contribution in [1.29, 1.82) is 0 Å². The Kier molecular flexibility index (Phi) is 2.06. The normalized spacial score (nSPS) is 43.8. The number of hydrogen-bond acceptors (Lipinski definition) is 2. The first kappa shape index (κ1) is 8.25. The molecule has 1 saturated heterocycles. The third-order valence-electron chi connectivity index (χ3n) is 4.13. The minimum atomic E-state index is 0.849. The lowest BCUT2D eigenvalue weighted by Gasteiger charge is -2.12. The summed E-state index contributed by atoms with van der Waals surface area (Å²) in [5.41, 5.74) is 0. The predicted molar refractivity (Wildman–Crippen MR) is 51.5 cm³/mol. The summed E-state index contributed by atoms with van der Waals surface area (Å²) >= 11 is 0. The highest BCUT2D eigenvalue weighted by Gasteiger charge is 2.53. The molecule has 0 radical (unpaired) electrons. The van der Waals surface area contributed by atoms with E-state index in [2.05, 4.69) is 5.32 Å². The van der Waals surface area contributed by atoms with E-state index in [1.54, 1.807) is 0 Å². The van der Waals surface area contributed by atoms with Crippen LogP contribution in [0.2, 0.25) is 0 Å². The summed E-state index contributed by atoms with van der Waals surface area (Å²) in [6.45, 7) is 3.35. The van der Waals surface area contributed by atoms with Crippen molar-refractivity contribution in [3.8, 4) is 0 Å². The van der Waals surface area contributed by atoms with Crippen LogP contribution in [0.1, 0.15) is 25.7 Å². The Balaban J connectivity index is 1.40. The summed E-state index contributed by atoms with van der Waals surface area (Å²) in [5.74, 6) is 2.82. The van der Waals surface area contributed by atoms with Crippen molar-refractivity contribution in [3.63, 3.8) is 0 Å². The summed E-state index contributed by atoms with van der Waals surface area (Å²) in [7, 11) is 0. The van der Waals surface area contributed by atoms with E-state index in [-0.39, 0.29) is 0 Å². The summed E-state index contributed by atoms with van der Waals surface area (Å²) in [6, 6.07) is 0.849. The van der Waals surface area contributed by atoms with Crippen LogP contribution in [0.25, 0.3) is 0 Å². The van der Waals surface area contributed by atoms with E-state index >= 15 is 0 Å². The van der Waals surface area contributed by atoms with Gasteiger partial charge in [-0.25, -0.2) is 0 Å². The fraction of sp³-hybridized carbons (Fsp3) is 1.00. The summed E-state index contributed by atoms with van der Waals surface area (Å²) in [5, 5.41) is 3.72. The van der Waals surface area contributed by atoms with Gasteiger partial charge in [-0.15, -0.1) is 0 Å². The second-order valence-electron chi connectivity index (χ2n) is 4.92. The maximum Gasteiger partial charge on any atom is 0.0501 e. The van der Waals surface area contributed by atoms with Crippen molar-refractivity contribution in [2.75, 3.05) is 19.8 Å². The Labute approximate surface area is 80.0 Å². The van der Waals surface area contributed by atoms with Gasteiger partial charge in [0.05, 0.1) is 13.2 Å². The average Bonchev–Trinajstić information content (AvgIpc) is 2.68. The van der Waals surface area contributed by atoms with Gasteiger partial charge in [-0.1, -0.05) is 12.8 Å². The molecule has 2 heteroatoms. The van der Waals surface area contributed by atoms with E-state index in [1.165, 1.54) is 32.2 Å². The molecule has 0 bridgehead atoms. The van der Waals surface area contributed by atoms with E-state index in [4.69, 9.17) is 4.74 Å². The van der Waals surface area contributed by atoms with Crippen molar-refractivity contribution < 1.29 is 4.74 Å². The molecule has 1 aliphatic heterocycles. The molecule has 3 rings (SSSR count). The molecule has 74 valence electrons. The van der Waals surface area contributed by atoms with Gasteiger partial charge < -0.3 is 10.1 Å². The molecule has 2 aliphatic carbocycles. The van der Waals surface area contributed by atoms with E-state index in [0.717, 1.165) is 37.0 Å². The Morgan fingerprint density at radius 1 is 1.08 bits per heavy atom. The number of hydrogen-bond donors (Lipinski definition) is 1. The molecule has 2 atom stereocenters. The Morgan fingerprint density at radius 2 is 1.77 bits per heavy atom. The lowest BCUT2D eigenvalue weighted by molar-refractivity contribution is 0.150. The zero-order valence-electron chi connectivity index (χ0n) is 8.17. The predicted octanol–water partition coefficient (Wildman–Crippen LogP) is 1.41. The highest BCUT2D eigenvalue weighted by molar-refractivity contribution is 5.01. The third-order valence-corrected chi connectivity index (χ3v) is 4.13. The van der Waals surface area contributed by atoms with Gasteiger partial charge in [-0.05, 0) is 37.1 Å². The Morgan fingerprint density at radius 3 is 2.46 bits per heavy atom. The van der Waals surface area contributed by atoms with Crippen LogP contribution in [0.15, 0.2) is 0 Å². The fourth-order valence-corrected chi connectivity index (χ4v) is 3.09. The molecule has 3 fully saturated rings. The molecule has 2 saturated carbocycles. The maximum atomic E-state index is 5.38. The van der Waals surface area contributed by atoms with Gasteiger partial charge >= 0.3 is 0 Å². The van der Waals surface area contributed by atoms with E-state index in [0.29, 0.717) is 0 Å². The highest BCUT2D eigenvalue weighted by atomic mass is 16.5. The summed E-state index contributed by atoms with van der Waals surface area (Å²) < 4.78 is 5.38. The second-order valence-corrected chi connectivity index (χ2v) is 4.92. The topological polar surface area (TPSA) is 21.3 Å². The number of rotatable bonds is 3. The molecule has 13 heavy (non-hydrogen) atoms. The van der Waals surface area contributed by atoms with Gasteiger partial charge in [0, 0.05) is 6.04 Å². The van der Waals surface area contributed by atoms with Gasteiger partial charge in [0.2, 0.25) is 0 Å². The minimum Gasteiger partial charge on any atom is -0.381 e. The zero-order chi connectivity index (χ0) is 8.67. The Hall–Kier alpha value is -0.0800.